The van der Waals surface area contributed by atoms with E-state index in [1.54, 1.807) is 0 Å². The molecule has 0 atom stereocenters. The normalized spacial score (nSPS) is 13.0. The maximum absolute atomic E-state index is 2.54. The average molecular weight is 775 g/mol. The van der Waals surface area contributed by atoms with Gasteiger partial charge in [0.05, 0.1) is 16.4 Å². The van der Waals surface area contributed by atoms with Gasteiger partial charge in [-0.05, 0) is 121 Å². The number of benzene rings is 10. The zero-order chi connectivity index (χ0) is 40.1. The van der Waals surface area contributed by atoms with E-state index in [-0.39, 0.29) is 0 Å². The quantitative estimate of drug-likeness (QED) is 0.163. The molecule has 284 valence electrons. The fourth-order valence-electron chi connectivity index (χ4n) is 10.9. The van der Waals surface area contributed by atoms with E-state index < -0.39 is 5.41 Å². The minimum absolute atomic E-state index is 0.561. The molecule has 11 aromatic rings. The predicted octanol–water partition coefficient (Wildman–Crippen LogP) is 15.4. The smallest absolute Gasteiger partial charge is 0.0727 e. The molecule has 1 aromatic heterocycles. The number of nitrogens with zero attached hydrogens (tertiary/aromatic N) is 2. The summed E-state index contributed by atoms with van der Waals surface area (Å²) in [4.78, 5) is 2.48. The second-order valence-corrected chi connectivity index (χ2v) is 16.4. The van der Waals surface area contributed by atoms with Crippen LogP contribution in [0, 0.1) is 0 Å². The molecular formula is C59H38N2. The molecular weight excluding hydrogens is 737 g/mol. The molecule has 0 amide bonds. The number of anilines is 3. The van der Waals surface area contributed by atoms with Gasteiger partial charge in [-0.3, -0.25) is 0 Å². The molecule has 2 aliphatic carbocycles. The molecule has 2 nitrogen and oxygen atoms in total. The minimum Gasteiger partial charge on any atom is -0.310 e. The molecule has 0 bridgehead atoms. The molecule has 61 heavy (non-hydrogen) atoms. The molecule has 0 N–H and O–H groups in total. The van der Waals surface area contributed by atoms with Crippen LogP contribution in [0.4, 0.5) is 17.1 Å². The Labute approximate surface area is 354 Å². The Bertz CT molecular complexity index is 3400. The lowest BCUT2D eigenvalue weighted by Gasteiger charge is -2.39. The first-order chi connectivity index (χ1) is 30.3. The molecule has 0 unspecified atom stereocenters. The zero-order valence-electron chi connectivity index (χ0n) is 33.3. The van der Waals surface area contributed by atoms with Crippen LogP contribution in [-0.4, -0.2) is 4.57 Å². The predicted molar refractivity (Wildman–Crippen MR) is 255 cm³/mol. The van der Waals surface area contributed by atoms with E-state index in [0.717, 1.165) is 22.7 Å². The summed E-state index contributed by atoms with van der Waals surface area (Å²) in [7, 11) is 0. The van der Waals surface area contributed by atoms with Crippen LogP contribution in [0.1, 0.15) is 22.3 Å². The molecule has 1 spiro atoms. The Kier molecular flexibility index (Phi) is 7.26. The summed E-state index contributed by atoms with van der Waals surface area (Å²) >= 11 is 0. The van der Waals surface area contributed by atoms with Crippen molar-refractivity contribution >= 4 is 49.6 Å². The SMILES string of the molecule is c1ccc(-c2cccc(N(c3cccc(-c4ccccc4)c3)c3cc4c5c6c7c(cccc7ccc6n(-c6ccccc6)c5c3)C43c4ccccc4-c4ccccc43)c2)cc1. The van der Waals surface area contributed by atoms with Crippen molar-refractivity contribution in [2.45, 2.75) is 5.41 Å². The number of hydrogen-bond donors (Lipinski definition) is 0. The lowest BCUT2D eigenvalue weighted by molar-refractivity contribution is 0.783. The van der Waals surface area contributed by atoms with Gasteiger partial charge in [0.15, 0.2) is 0 Å². The highest BCUT2D eigenvalue weighted by molar-refractivity contribution is 6.27. The monoisotopic (exact) mass is 774 g/mol. The summed E-state index contributed by atoms with van der Waals surface area (Å²) in [6.07, 6.45) is 0. The molecule has 0 fully saturated rings. The van der Waals surface area contributed by atoms with Gasteiger partial charge in [0, 0.05) is 33.5 Å². The summed E-state index contributed by atoms with van der Waals surface area (Å²) in [6.45, 7) is 0. The lowest BCUT2D eigenvalue weighted by Crippen LogP contribution is -2.31. The number of hydrogen-bond acceptors (Lipinski definition) is 1. The second-order valence-electron chi connectivity index (χ2n) is 16.4. The molecule has 0 radical (unpaired) electrons. The zero-order valence-corrected chi connectivity index (χ0v) is 33.3. The van der Waals surface area contributed by atoms with Crippen molar-refractivity contribution in [1.82, 2.24) is 4.57 Å². The van der Waals surface area contributed by atoms with E-state index in [1.165, 1.54) is 88.2 Å². The molecule has 13 rings (SSSR count). The van der Waals surface area contributed by atoms with Crippen molar-refractivity contribution in [3.63, 3.8) is 0 Å². The highest BCUT2D eigenvalue weighted by Crippen LogP contribution is 2.63. The van der Waals surface area contributed by atoms with E-state index in [9.17, 15) is 0 Å². The number of rotatable bonds is 6. The third kappa shape index (κ3) is 4.79. The summed E-state index contributed by atoms with van der Waals surface area (Å²) < 4.78 is 2.51. The first-order valence-corrected chi connectivity index (χ1v) is 21.2. The maximum Gasteiger partial charge on any atom is 0.0727 e. The fraction of sp³-hybridized carbons (Fsp3) is 0.0169. The van der Waals surface area contributed by atoms with Crippen LogP contribution in [0.25, 0.3) is 71.6 Å². The highest BCUT2D eigenvalue weighted by atomic mass is 15.1. The van der Waals surface area contributed by atoms with Gasteiger partial charge in [-0.15, -0.1) is 0 Å². The van der Waals surface area contributed by atoms with Crippen molar-refractivity contribution in [2.24, 2.45) is 0 Å². The van der Waals surface area contributed by atoms with Crippen molar-refractivity contribution in [3.05, 3.63) is 253 Å². The van der Waals surface area contributed by atoms with Crippen molar-refractivity contribution in [2.75, 3.05) is 4.90 Å². The first kappa shape index (κ1) is 34.0. The van der Waals surface area contributed by atoms with E-state index >= 15 is 0 Å². The van der Waals surface area contributed by atoms with Crippen LogP contribution in [-0.2, 0) is 5.41 Å². The Hall–Kier alpha value is -7.94. The van der Waals surface area contributed by atoms with E-state index in [2.05, 4.69) is 240 Å². The minimum atomic E-state index is -0.561. The van der Waals surface area contributed by atoms with Gasteiger partial charge in [-0.2, -0.15) is 0 Å². The van der Waals surface area contributed by atoms with E-state index in [1.807, 2.05) is 0 Å². The first-order valence-electron chi connectivity index (χ1n) is 21.2. The second kappa shape index (κ2) is 13.0. The summed E-state index contributed by atoms with van der Waals surface area (Å²) in [5.74, 6) is 0. The molecule has 0 saturated carbocycles. The van der Waals surface area contributed by atoms with Gasteiger partial charge in [0.25, 0.3) is 0 Å². The number of para-hydroxylation sites is 1. The topological polar surface area (TPSA) is 8.17 Å². The van der Waals surface area contributed by atoms with Gasteiger partial charge in [0.1, 0.15) is 0 Å². The molecule has 2 heteroatoms. The Morgan fingerprint density at radius 3 is 1.46 bits per heavy atom. The van der Waals surface area contributed by atoms with Gasteiger partial charge < -0.3 is 9.47 Å². The van der Waals surface area contributed by atoms with Gasteiger partial charge in [-0.1, -0.05) is 176 Å². The molecule has 1 heterocycles. The van der Waals surface area contributed by atoms with Crippen molar-refractivity contribution < 1.29 is 0 Å². The van der Waals surface area contributed by atoms with E-state index in [0.29, 0.717) is 0 Å². The van der Waals surface area contributed by atoms with Crippen LogP contribution in [0.5, 0.6) is 0 Å². The molecule has 10 aromatic carbocycles. The highest BCUT2D eigenvalue weighted by Gasteiger charge is 2.50. The van der Waals surface area contributed by atoms with Crippen molar-refractivity contribution in [1.29, 1.82) is 0 Å². The average Bonchev–Trinajstić information content (AvgIpc) is 3.83. The number of fused-ring (bicyclic) bond motifs is 7. The van der Waals surface area contributed by atoms with Crippen LogP contribution in [0.2, 0.25) is 0 Å². The third-order valence-corrected chi connectivity index (χ3v) is 13.3. The summed E-state index contributed by atoms with van der Waals surface area (Å²) in [6, 6.07) is 85.4. The van der Waals surface area contributed by atoms with Gasteiger partial charge in [0.2, 0.25) is 0 Å². The van der Waals surface area contributed by atoms with Gasteiger partial charge >= 0.3 is 0 Å². The van der Waals surface area contributed by atoms with Gasteiger partial charge in [-0.25, -0.2) is 0 Å². The van der Waals surface area contributed by atoms with Crippen molar-refractivity contribution in [3.8, 4) is 39.1 Å². The molecule has 0 saturated heterocycles. The Morgan fingerprint density at radius 1 is 0.311 bits per heavy atom. The summed E-state index contributed by atoms with van der Waals surface area (Å²) in [5.41, 5.74) is 19.0. The largest absolute Gasteiger partial charge is 0.310 e. The van der Waals surface area contributed by atoms with Crippen LogP contribution in [0.3, 0.4) is 0 Å². The standard InChI is InChI=1S/C59H38N2/c1-4-17-39(18-5-1)42-22-14-26-45(35-42)60(46-27-15-23-43(36-46)40-19-6-2-7-20-40)47-37-53-57-55(38-47)61(44-24-8-3-9-25-44)54-34-33-41-21-16-32-52(56(41)58(54)57)59(53)50-30-12-10-28-48(50)49-29-11-13-31-51(49)59/h1-38H. The molecule has 2 aliphatic rings. The van der Waals surface area contributed by atoms with E-state index in [4.69, 9.17) is 0 Å². The number of aromatic nitrogens is 1. The lowest BCUT2D eigenvalue weighted by atomic mass is 9.63. The van der Waals surface area contributed by atoms with Crippen LogP contribution < -0.4 is 4.90 Å². The maximum atomic E-state index is 2.54. The molecule has 0 aliphatic heterocycles. The fourth-order valence-corrected chi connectivity index (χ4v) is 10.9. The Morgan fingerprint density at radius 2 is 0.836 bits per heavy atom. The van der Waals surface area contributed by atoms with Crippen LogP contribution >= 0.6 is 0 Å². The van der Waals surface area contributed by atoms with Crippen LogP contribution in [0.15, 0.2) is 231 Å². The third-order valence-electron chi connectivity index (χ3n) is 13.3. The Balaban J connectivity index is 1.20. The summed E-state index contributed by atoms with van der Waals surface area (Å²) in [5, 5.41) is 5.25.